The van der Waals surface area contributed by atoms with Crippen molar-refractivity contribution >= 4 is 11.9 Å². The molecule has 24 heavy (non-hydrogen) atoms. The molecule has 1 aromatic carbocycles. The smallest absolute Gasteiger partial charge is 0.342 e. The number of urea groups is 1. The van der Waals surface area contributed by atoms with Crippen molar-refractivity contribution in [1.82, 2.24) is 15.1 Å². The summed E-state index contributed by atoms with van der Waals surface area (Å²) in [5.74, 6) is -0.317. The van der Waals surface area contributed by atoms with Gasteiger partial charge in [0.2, 0.25) is 5.91 Å². The third-order valence-electron chi connectivity index (χ3n) is 4.08. The van der Waals surface area contributed by atoms with Crippen LogP contribution in [0.4, 0.5) is 18.0 Å². The van der Waals surface area contributed by atoms with Crippen LogP contribution in [0.15, 0.2) is 30.3 Å². The van der Waals surface area contributed by atoms with Crippen LogP contribution in [0.25, 0.3) is 0 Å². The summed E-state index contributed by atoms with van der Waals surface area (Å²) < 4.78 is 38.7. The highest BCUT2D eigenvalue weighted by atomic mass is 19.4. The van der Waals surface area contributed by atoms with Crippen LogP contribution in [0, 0.1) is 0 Å². The molecule has 1 heterocycles. The van der Waals surface area contributed by atoms with E-state index in [-0.39, 0.29) is 25.4 Å². The van der Waals surface area contributed by atoms with Crippen molar-refractivity contribution in [2.45, 2.75) is 31.6 Å². The second-order valence-electron chi connectivity index (χ2n) is 5.72. The van der Waals surface area contributed by atoms with Crippen LogP contribution in [0.1, 0.15) is 24.9 Å². The quantitative estimate of drug-likeness (QED) is 0.917. The molecule has 1 unspecified atom stereocenters. The Balaban J connectivity index is 2.25. The third kappa shape index (κ3) is 3.80. The second-order valence-corrected chi connectivity index (χ2v) is 5.72. The number of hydrogen-bond acceptors (Lipinski definition) is 2. The average Bonchev–Trinajstić information content (AvgIpc) is 2.54. The molecule has 0 bridgehead atoms. The Hall–Kier alpha value is -2.25. The number of piperazine rings is 1. The minimum atomic E-state index is -4.52. The minimum absolute atomic E-state index is 0.169. The second kappa shape index (κ2) is 7.11. The van der Waals surface area contributed by atoms with Gasteiger partial charge in [0.05, 0.1) is 0 Å². The van der Waals surface area contributed by atoms with Gasteiger partial charge in [-0.1, -0.05) is 37.3 Å². The van der Waals surface area contributed by atoms with Crippen LogP contribution in [0.5, 0.6) is 0 Å². The fourth-order valence-corrected chi connectivity index (χ4v) is 2.66. The lowest BCUT2D eigenvalue weighted by Gasteiger charge is -2.40. The molecule has 0 spiro atoms. The van der Waals surface area contributed by atoms with E-state index in [0.717, 1.165) is 0 Å². The van der Waals surface area contributed by atoms with Gasteiger partial charge in [0, 0.05) is 20.1 Å². The van der Waals surface area contributed by atoms with Crippen LogP contribution in [0.3, 0.4) is 0 Å². The maximum Gasteiger partial charge on any atom is 0.408 e. The maximum atomic E-state index is 12.9. The Morgan fingerprint density at radius 1 is 1.29 bits per heavy atom. The van der Waals surface area contributed by atoms with E-state index >= 15 is 0 Å². The van der Waals surface area contributed by atoms with Crippen molar-refractivity contribution in [1.29, 1.82) is 0 Å². The van der Waals surface area contributed by atoms with Gasteiger partial charge in [0.25, 0.3) is 0 Å². The Labute approximate surface area is 138 Å². The summed E-state index contributed by atoms with van der Waals surface area (Å²) >= 11 is 0. The number of nitrogens with zero attached hydrogens (tertiary/aromatic N) is 2. The van der Waals surface area contributed by atoms with Crippen molar-refractivity contribution in [2.75, 3.05) is 20.1 Å². The number of alkyl halides is 3. The molecule has 8 heteroatoms. The van der Waals surface area contributed by atoms with Gasteiger partial charge in [-0.15, -0.1) is 0 Å². The molecular formula is C16H20F3N3O2. The molecule has 1 aliphatic heterocycles. The lowest BCUT2D eigenvalue weighted by atomic mass is 10.0. The summed E-state index contributed by atoms with van der Waals surface area (Å²) in [4.78, 5) is 27.5. The normalized spacial score (nSPS) is 20.0. The highest BCUT2D eigenvalue weighted by Crippen LogP contribution is 2.27. The van der Waals surface area contributed by atoms with E-state index in [4.69, 9.17) is 0 Å². The number of hydrogen-bond donors (Lipinski definition) is 1. The lowest BCUT2D eigenvalue weighted by Crippen LogP contribution is -2.58. The van der Waals surface area contributed by atoms with Gasteiger partial charge in [-0.3, -0.25) is 4.79 Å². The topological polar surface area (TPSA) is 52.7 Å². The van der Waals surface area contributed by atoms with Crippen LogP contribution >= 0.6 is 0 Å². The molecular weight excluding hydrogens is 323 g/mol. The Morgan fingerprint density at radius 2 is 1.92 bits per heavy atom. The van der Waals surface area contributed by atoms with Gasteiger partial charge >= 0.3 is 12.2 Å². The molecule has 0 saturated carbocycles. The highest BCUT2D eigenvalue weighted by molar-refractivity contribution is 5.89. The molecule has 132 valence electrons. The van der Waals surface area contributed by atoms with Gasteiger partial charge in [-0.25, -0.2) is 4.79 Å². The molecule has 0 aromatic heterocycles. The predicted molar refractivity (Wildman–Crippen MR) is 82.2 cm³/mol. The van der Waals surface area contributed by atoms with Gasteiger partial charge in [0.15, 0.2) is 0 Å². The van der Waals surface area contributed by atoms with E-state index < -0.39 is 24.3 Å². The maximum absolute atomic E-state index is 12.9. The first-order valence-corrected chi connectivity index (χ1v) is 7.69. The zero-order valence-electron chi connectivity index (χ0n) is 13.5. The van der Waals surface area contributed by atoms with Crippen molar-refractivity contribution in [3.05, 3.63) is 35.9 Å². The summed E-state index contributed by atoms with van der Waals surface area (Å²) in [6, 6.07) is 4.84. The number of benzene rings is 1. The predicted octanol–water partition coefficient (Wildman–Crippen LogP) is 2.55. The molecule has 0 radical (unpaired) electrons. The van der Waals surface area contributed by atoms with Gasteiger partial charge in [0.1, 0.15) is 12.1 Å². The number of nitrogens with one attached hydrogen (secondary N) is 1. The summed E-state index contributed by atoms with van der Waals surface area (Å²) in [6.07, 6.45) is -4.80. The number of carbonyl (C=O) groups is 2. The first-order valence-electron chi connectivity index (χ1n) is 7.69. The fourth-order valence-electron chi connectivity index (χ4n) is 2.66. The van der Waals surface area contributed by atoms with E-state index in [1.54, 1.807) is 37.4 Å². The van der Waals surface area contributed by atoms with Crippen LogP contribution in [-0.4, -0.2) is 54.1 Å². The fraction of sp³-hybridized carbons (Fsp3) is 0.500. The Kier molecular flexibility index (Phi) is 5.36. The van der Waals surface area contributed by atoms with E-state index in [1.165, 1.54) is 16.7 Å². The summed E-state index contributed by atoms with van der Waals surface area (Å²) in [6.45, 7) is 1.79. The molecule has 3 amide bonds. The van der Waals surface area contributed by atoms with Gasteiger partial charge < -0.3 is 15.1 Å². The first kappa shape index (κ1) is 18.1. The van der Waals surface area contributed by atoms with Gasteiger partial charge in [-0.2, -0.15) is 13.2 Å². The summed E-state index contributed by atoms with van der Waals surface area (Å²) in [5, 5.41) is 2.00. The van der Waals surface area contributed by atoms with Crippen molar-refractivity contribution in [3.63, 3.8) is 0 Å². The van der Waals surface area contributed by atoms with Crippen LogP contribution < -0.4 is 5.32 Å². The highest BCUT2D eigenvalue weighted by Gasteiger charge is 2.42. The standard InChI is InChI=1S/C16H20F3N3O2/c1-3-12(16(17,18)19)20-15(24)22-10-9-21(2)14(23)13(22)11-7-5-4-6-8-11/h4-8,12-13H,3,9-10H2,1-2H3,(H,20,24)/t12-,13?/m0/s1. The van der Waals surface area contributed by atoms with E-state index in [2.05, 4.69) is 0 Å². The molecule has 5 nitrogen and oxygen atoms in total. The zero-order valence-corrected chi connectivity index (χ0v) is 13.5. The zero-order chi connectivity index (χ0) is 17.9. The number of rotatable bonds is 3. The minimum Gasteiger partial charge on any atom is -0.342 e. The van der Waals surface area contributed by atoms with Crippen molar-refractivity contribution in [3.8, 4) is 0 Å². The molecule has 0 aliphatic carbocycles. The monoisotopic (exact) mass is 343 g/mol. The summed E-state index contributed by atoms with van der Waals surface area (Å²) in [5.41, 5.74) is 0.573. The molecule has 1 N–H and O–H groups in total. The molecule has 2 atom stereocenters. The molecule has 1 aliphatic rings. The molecule has 1 aromatic rings. The van der Waals surface area contributed by atoms with E-state index in [9.17, 15) is 22.8 Å². The first-order chi connectivity index (χ1) is 11.3. The molecule has 1 fully saturated rings. The van der Waals surface area contributed by atoms with E-state index in [1.807, 2.05) is 5.32 Å². The molecule has 1 saturated heterocycles. The SMILES string of the molecule is CC[C@H](NC(=O)N1CCN(C)C(=O)C1c1ccccc1)C(F)(F)F. The Bertz CT molecular complexity index is 592. The summed E-state index contributed by atoms with van der Waals surface area (Å²) in [7, 11) is 1.61. The largest absolute Gasteiger partial charge is 0.408 e. The number of amides is 3. The van der Waals surface area contributed by atoms with Crippen LogP contribution in [-0.2, 0) is 4.79 Å². The van der Waals surface area contributed by atoms with Gasteiger partial charge in [-0.05, 0) is 12.0 Å². The number of carbonyl (C=O) groups excluding carboxylic acids is 2. The average molecular weight is 343 g/mol. The number of halogens is 3. The molecule has 2 rings (SSSR count). The number of likely N-dealkylation sites (N-methyl/N-ethyl adjacent to an activating group) is 1. The van der Waals surface area contributed by atoms with E-state index in [0.29, 0.717) is 5.56 Å². The van der Waals surface area contributed by atoms with Crippen molar-refractivity contribution < 1.29 is 22.8 Å². The van der Waals surface area contributed by atoms with Crippen LogP contribution in [0.2, 0.25) is 0 Å². The third-order valence-corrected chi connectivity index (χ3v) is 4.08. The lowest BCUT2D eigenvalue weighted by molar-refractivity contribution is -0.154. The Morgan fingerprint density at radius 3 is 2.46 bits per heavy atom. The van der Waals surface area contributed by atoms with Crippen molar-refractivity contribution in [2.24, 2.45) is 0 Å².